The molecule has 0 amide bonds. The van der Waals surface area contributed by atoms with Crippen molar-refractivity contribution in [2.45, 2.75) is 6.92 Å². The molecule has 0 aliphatic rings. The van der Waals surface area contributed by atoms with Crippen molar-refractivity contribution in [3.63, 3.8) is 0 Å². The average molecular weight is 232 g/mol. The van der Waals surface area contributed by atoms with E-state index in [4.69, 9.17) is 9.84 Å². The van der Waals surface area contributed by atoms with E-state index in [2.05, 4.69) is 13.2 Å². The van der Waals surface area contributed by atoms with Gasteiger partial charge in [-0.15, -0.1) is 0 Å². The van der Waals surface area contributed by atoms with E-state index in [1.165, 1.54) is 18.4 Å². The van der Waals surface area contributed by atoms with Crippen LogP contribution in [0.1, 0.15) is 6.92 Å². The van der Waals surface area contributed by atoms with Crippen LogP contribution in [0.3, 0.4) is 0 Å². The number of allylic oxidation sites excluding steroid dienone is 7. The Bertz CT molecular complexity index is 396. The maximum absolute atomic E-state index is 10.3. The van der Waals surface area contributed by atoms with Gasteiger partial charge in [-0.25, -0.2) is 4.79 Å². The maximum atomic E-state index is 10.3. The van der Waals surface area contributed by atoms with Gasteiger partial charge in [0.15, 0.2) is 0 Å². The number of carbonyl (C=O) groups is 1. The Labute approximate surface area is 101 Å². The minimum Gasteiger partial charge on any atom is -0.478 e. The largest absolute Gasteiger partial charge is 0.478 e. The van der Waals surface area contributed by atoms with Gasteiger partial charge in [-0.2, -0.15) is 0 Å². The molecule has 0 unspecified atom stereocenters. The molecule has 1 N–H and O–H groups in total. The fourth-order valence-corrected chi connectivity index (χ4v) is 0.865. The molecule has 0 aromatic heterocycles. The number of hydrogen-bond acceptors (Lipinski definition) is 2. The van der Waals surface area contributed by atoms with Crippen LogP contribution in [0.4, 0.5) is 0 Å². The third kappa shape index (κ3) is 8.69. The summed E-state index contributed by atoms with van der Waals surface area (Å²) in [6.07, 6.45) is 12.1. The van der Waals surface area contributed by atoms with Crippen LogP contribution in [-0.4, -0.2) is 11.1 Å². The third-order valence-corrected chi connectivity index (χ3v) is 1.59. The lowest BCUT2D eigenvalue weighted by molar-refractivity contribution is -0.131. The van der Waals surface area contributed by atoms with Gasteiger partial charge in [-0.05, 0) is 30.7 Å². The molecule has 0 heterocycles. The summed E-state index contributed by atoms with van der Waals surface area (Å²) in [6.45, 7) is 8.98. The van der Waals surface area contributed by atoms with Crippen LogP contribution in [0.15, 0.2) is 73.3 Å². The van der Waals surface area contributed by atoms with Crippen LogP contribution >= 0.6 is 0 Å². The monoisotopic (exact) mass is 232 g/mol. The summed E-state index contributed by atoms with van der Waals surface area (Å²) >= 11 is 0. The van der Waals surface area contributed by atoms with Gasteiger partial charge in [0.1, 0.15) is 5.76 Å². The molecule has 90 valence electrons. The zero-order valence-electron chi connectivity index (χ0n) is 9.80. The lowest BCUT2D eigenvalue weighted by Gasteiger charge is -1.99. The quantitative estimate of drug-likeness (QED) is 0.416. The van der Waals surface area contributed by atoms with Crippen molar-refractivity contribution in [2.24, 2.45) is 0 Å². The minimum absolute atomic E-state index is 0.394. The first-order valence-electron chi connectivity index (χ1n) is 4.96. The summed E-state index contributed by atoms with van der Waals surface area (Å²) in [5.41, 5.74) is 0.972. The number of aliphatic carboxylic acids is 1. The molecule has 3 nitrogen and oxygen atoms in total. The van der Waals surface area contributed by atoms with Crippen LogP contribution in [0.5, 0.6) is 0 Å². The van der Waals surface area contributed by atoms with E-state index in [0.29, 0.717) is 5.76 Å². The van der Waals surface area contributed by atoms with Crippen LogP contribution in [0, 0.1) is 0 Å². The lowest BCUT2D eigenvalue weighted by Crippen LogP contribution is -1.88. The first-order chi connectivity index (χ1) is 8.10. The second kappa shape index (κ2) is 8.97. The van der Waals surface area contributed by atoms with E-state index < -0.39 is 5.97 Å². The van der Waals surface area contributed by atoms with Crippen LogP contribution < -0.4 is 0 Å². The fraction of sp³-hybridized carbons (Fsp3) is 0.0714. The first kappa shape index (κ1) is 14.7. The Balaban J connectivity index is 4.53. The zero-order chi connectivity index (χ0) is 13.1. The third-order valence-electron chi connectivity index (χ3n) is 1.59. The van der Waals surface area contributed by atoms with E-state index in [0.717, 1.165) is 11.6 Å². The summed E-state index contributed by atoms with van der Waals surface area (Å²) in [4.78, 5) is 10.3. The van der Waals surface area contributed by atoms with Crippen molar-refractivity contribution >= 4 is 5.97 Å². The molecule has 0 saturated carbocycles. The number of hydrogen-bond donors (Lipinski definition) is 1. The molecular weight excluding hydrogens is 216 g/mol. The van der Waals surface area contributed by atoms with Crippen molar-refractivity contribution in [1.82, 2.24) is 0 Å². The molecule has 0 rings (SSSR count). The lowest BCUT2D eigenvalue weighted by atomic mass is 10.3. The number of ether oxygens (including phenoxy) is 1. The highest BCUT2D eigenvalue weighted by Crippen LogP contribution is 2.03. The first-order valence-corrected chi connectivity index (χ1v) is 4.96. The molecule has 0 aliphatic carbocycles. The molecule has 3 heteroatoms. The molecule has 0 fully saturated rings. The van der Waals surface area contributed by atoms with Crippen molar-refractivity contribution in [2.75, 3.05) is 0 Å². The van der Waals surface area contributed by atoms with Crippen molar-refractivity contribution < 1.29 is 14.6 Å². The van der Waals surface area contributed by atoms with Crippen LogP contribution in [0.2, 0.25) is 0 Å². The van der Waals surface area contributed by atoms with Gasteiger partial charge >= 0.3 is 5.97 Å². The second-order valence-corrected chi connectivity index (χ2v) is 3.04. The minimum atomic E-state index is -1.03. The summed E-state index contributed by atoms with van der Waals surface area (Å²) in [6, 6.07) is 0. The van der Waals surface area contributed by atoms with Gasteiger partial charge in [0, 0.05) is 6.08 Å². The Hall–Kier alpha value is -2.29. The Morgan fingerprint density at radius 3 is 2.29 bits per heavy atom. The van der Waals surface area contributed by atoms with Crippen LogP contribution in [-0.2, 0) is 9.53 Å². The molecular formula is C14H16O3. The number of rotatable bonds is 7. The molecule has 0 radical (unpaired) electrons. The predicted octanol–water partition coefficient (Wildman–Crippen LogP) is 3.36. The summed E-state index contributed by atoms with van der Waals surface area (Å²) < 4.78 is 5.23. The highest BCUT2D eigenvalue weighted by molar-refractivity contribution is 5.80. The molecule has 0 aromatic carbocycles. The highest BCUT2D eigenvalue weighted by Gasteiger charge is 1.91. The molecule has 0 saturated heterocycles. The van der Waals surface area contributed by atoms with Crippen LogP contribution in [0.25, 0.3) is 0 Å². The topological polar surface area (TPSA) is 46.5 Å². The molecule has 0 atom stereocenters. The smallest absolute Gasteiger partial charge is 0.328 e. The summed E-state index contributed by atoms with van der Waals surface area (Å²) in [5.74, 6) is -0.639. The van der Waals surface area contributed by atoms with E-state index in [1.54, 1.807) is 18.2 Å². The predicted molar refractivity (Wildman–Crippen MR) is 69.2 cm³/mol. The van der Waals surface area contributed by atoms with Gasteiger partial charge < -0.3 is 9.84 Å². The number of carboxylic acids is 1. The summed E-state index contributed by atoms with van der Waals surface area (Å²) in [7, 11) is 0. The zero-order valence-corrected chi connectivity index (χ0v) is 9.80. The van der Waals surface area contributed by atoms with E-state index in [9.17, 15) is 4.79 Å². The number of carboxylic acid groups (broad SMARTS) is 1. The SMILES string of the molecule is C=C/C=C(C)\C=C\OC(/C=C/C(=O)O)=C/C=C. The fourth-order valence-electron chi connectivity index (χ4n) is 0.865. The van der Waals surface area contributed by atoms with Crippen molar-refractivity contribution in [3.05, 3.63) is 73.3 Å². The van der Waals surface area contributed by atoms with Gasteiger partial charge in [0.05, 0.1) is 6.26 Å². The van der Waals surface area contributed by atoms with E-state index in [-0.39, 0.29) is 0 Å². The van der Waals surface area contributed by atoms with E-state index in [1.807, 2.05) is 13.0 Å². The standard InChI is InChI=1S/C14H16O3/c1-4-6-12(3)10-11-17-13(7-5-2)8-9-14(15)16/h4-11H,1-2H2,3H3,(H,15,16)/b9-8+,11-10+,12-6-,13-7+. The van der Waals surface area contributed by atoms with Crippen molar-refractivity contribution in [3.8, 4) is 0 Å². The molecule has 0 bridgehead atoms. The molecule has 0 spiro atoms. The summed E-state index contributed by atoms with van der Waals surface area (Å²) in [5, 5.41) is 8.48. The Morgan fingerprint density at radius 2 is 1.76 bits per heavy atom. The highest BCUT2D eigenvalue weighted by atomic mass is 16.5. The van der Waals surface area contributed by atoms with Gasteiger partial charge in [0.25, 0.3) is 0 Å². The normalized spacial score (nSPS) is 13.0. The van der Waals surface area contributed by atoms with Gasteiger partial charge in [0.2, 0.25) is 0 Å². The maximum Gasteiger partial charge on any atom is 0.328 e. The van der Waals surface area contributed by atoms with Gasteiger partial charge in [-0.1, -0.05) is 31.4 Å². The Kier molecular flexibility index (Phi) is 7.76. The molecule has 0 aromatic rings. The molecule has 0 aliphatic heterocycles. The molecule has 17 heavy (non-hydrogen) atoms. The van der Waals surface area contributed by atoms with Crippen molar-refractivity contribution in [1.29, 1.82) is 0 Å². The second-order valence-electron chi connectivity index (χ2n) is 3.04. The average Bonchev–Trinajstić information content (AvgIpc) is 2.26. The van der Waals surface area contributed by atoms with E-state index >= 15 is 0 Å². The Morgan fingerprint density at radius 1 is 1.12 bits per heavy atom. The van der Waals surface area contributed by atoms with Gasteiger partial charge in [-0.3, -0.25) is 0 Å².